The first kappa shape index (κ1) is 13.4. The summed E-state index contributed by atoms with van der Waals surface area (Å²) >= 11 is 0. The zero-order valence-corrected chi connectivity index (χ0v) is 11.6. The molecular weight excluding hydrogens is 271 g/mol. The summed E-state index contributed by atoms with van der Waals surface area (Å²) < 4.78 is 20.0. The molecule has 0 fully saturated rings. The molecule has 0 unspecified atom stereocenters. The van der Waals surface area contributed by atoms with E-state index >= 15 is 0 Å². The molecule has 0 amide bonds. The number of halogens is 1. The van der Waals surface area contributed by atoms with Gasteiger partial charge in [-0.15, -0.1) is 5.10 Å². The van der Waals surface area contributed by atoms with Crippen LogP contribution < -0.4 is 10.1 Å². The van der Waals surface area contributed by atoms with Gasteiger partial charge in [0.1, 0.15) is 11.6 Å². The van der Waals surface area contributed by atoms with Crippen molar-refractivity contribution >= 4 is 11.6 Å². The Bertz CT molecular complexity index is 756. The maximum atomic E-state index is 13.1. The van der Waals surface area contributed by atoms with E-state index in [1.807, 2.05) is 31.2 Å². The van der Waals surface area contributed by atoms with Gasteiger partial charge in [0.15, 0.2) is 5.65 Å². The minimum Gasteiger partial charge on any atom is -0.494 e. The number of ether oxygens (including phenoxy) is 1. The molecule has 0 aliphatic rings. The van der Waals surface area contributed by atoms with Gasteiger partial charge >= 0.3 is 0 Å². The summed E-state index contributed by atoms with van der Waals surface area (Å²) in [5.41, 5.74) is 1.66. The first-order valence-electron chi connectivity index (χ1n) is 6.72. The van der Waals surface area contributed by atoms with Crippen LogP contribution in [0.15, 0.2) is 42.6 Å². The lowest BCUT2D eigenvalue weighted by Gasteiger charge is -2.06. The number of pyridine rings is 1. The summed E-state index contributed by atoms with van der Waals surface area (Å²) in [6.45, 7) is 3.15. The van der Waals surface area contributed by atoms with E-state index in [2.05, 4.69) is 15.4 Å². The molecule has 0 saturated heterocycles. The van der Waals surface area contributed by atoms with Gasteiger partial charge in [-0.25, -0.2) is 8.91 Å². The molecule has 3 rings (SSSR count). The normalized spacial score (nSPS) is 10.8. The van der Waals surface area contributed by atoms with Crippen molar-refractivity contribution in [2.75, 3.05) is 11.9 Å². The smallest absolute Gasteiger partial charge is 0.243 e. The molecule has 2 heterocycles. The average Bonchev–Trinajstić information content (AvgIpc) is 2.88. The number of aromatic nitrogens is 3. The molecule has 1 N–H and O–H groups in total. The van der Waals surface area contributed by atoms with E-state index in [9.17, 15) is 4.39 Å². The molecule has 6 heteroatoms. The second-order valence-corrected chi connectivity index (χ2v) is 4.52. The molecule has 0 atom stereocenters. The Kier molecular flexibility index (Phi) is 3.68. The number of hydrogen-bond acceptors (Lipinski definition) is 4. The maximum Gasteiger partial charge on any atom is 0.243 e. The fourth-order valence-electron chi connectivity index (χ4n) is 2.03. The van der Waals surface area contributed by atoms with Gasteiger partial charge in [0.2, 0.25) is 5.95 Å². The van der Waals surface area contributed by atoms with Crippen molar-refractivity contribution in [3.05, 3.63) is 54.0 Å². The van der Waals surface area contributed by atoms with Gasteiger partial charge in [-0.05, 0) is 36.8 Å². The second-order valence-electron chi connectivity index (χ2n) is 4.52. The van der Waals surface area contributed by atoms with Crippen molar-refractivity contribution < 1.29 is 9.13 Å². The molecule has 3 aromatic rings. The largest absolute Gasteiger partial charge is 0.494 e. The lowest BCUT2D eigenvalue weighted by atomic mass is 10.2. The molecule has 0 aliphatic heterocycles. The minimum absolute atomic E-state index is 0.344. The van der Waals surface area contributed by atoms with Crippen molar-refractivity contribution in [2.45, 2.75) is 13.5 Å². The van der Waals surface area contributed by atoms with Crippen LogP contribution in [0.3, 0.4) is 0 Å². The highest BCUT2D eigenvalue weighted by Gasteiger charge is 2.04. The van der Waals surface area contributed by atoms with E-state index in [1.54, 1.807) is 6.07 Å². The summed E-state index contributed by atoms with van der Waals surface area (Å²) in [4.78, 5) is 4.27. The summed E-state index contributed by atoms with van der Waals surface area (Å²) in [7, 11) is 0. The number of rotatable bonds is 5. The Morgan fingerprint density at radius 2 is 2.19 bits per heavy atom. The lowest BCUT2D eigenvalue weighted by Crippen LogP contribution is -2.02. The van der Waals surface area contributed by atoms with Crippen LogP contribution >= 0.6 is 0 Å². The number of benzene rings is 1. The van der Waals surface area contributed by atoms with Crippen molar-refractivity contribution in [1.29, 1.82) is 0 Å². The predicted molar refractivity (Wildman–Crippen MR) is 77.9 cm³/mol. The van der Waals surface area contributed by atoms with E-state index in [1.165, 1.54) is 16.8 Å². The van der Waals surface area contributed by atoms with E-state index in [0.29, 0.717) is 24.7 Å². The SMILES string of the molecule is CCOc1cccc(CNc2nc3ccc(F)cn3n2)c1. The molecular formula is C15H15FN4O. The lowest BCUT2D eigenvalue weighted by molar-refractivity contribution is 0.340. The van der Waals surface area contributed by atoms with Gasteiger partial charge in [-0.3, -0.25) is 0 Å². The molecule has 0 saturated carbocycles. The fourth-order valence-corrected chi connectivity index (χ4v) is 2.03. The van der Waals surface area contributed by atoms with Crippen LogP contribution in [0.4, 0.5) is 10.3 Å². The topological polar surface area (TPSA) is 51.5 Å². The van der Waals surface area contributed by atoms with E-state index < -0.39 is 0 Å². The number of fused-ring (bicyclic) bond motifs is 1. The highest BCUT2D eigenvalue weighted by molar-refractivity contribution is 5.43. The second kappa shape index (κ2) is 5.78. The third-order valence-electron chi connectivity index (χ3n) is 2.95. The van der Waals surface area contributed by atoms with Crippen LogP contribution in [-0.2, 0) is 6.54 Å². The maximum absolute atomic E-state index is 13.1. The first-order valence-corrected chi connectivity index (χ1v) is 6.72. The van der Waals surface area contributed by atoms with Gasteiger partial charge in [0, 0.05) is 6.54 Å². The van der Waals surface area contributed by atoms with Crippen LogP contribution in [0.1, 0.15) is 12.5 Å². The zero-order valence-electron chi connectivity index (χ0n) is 11.6. The summed E-state index contributed by atoms with van der Waals surface area (Å²) in [6.07, 6.45) is 1.29. The van der Waals surface area contributed by atoms with Gasteiger partial charge in [0.05, 0.1) is 12.8 Å². The van der Waals surface area contributed by atoms with Crippen LogP contribution in [0.25, 0.3) is 5.65 Å². The van der Waals surface area contributed by atoms with Gasteiger partial charge in [-0.1, -0.05) is 12.1 Å². The van der Waals surface area contributed by atoms with Crippen LogP contribution in [0.5, 0.6) is 5.75 Å². The molecule has 21 heavy (non-hydrogen) atoms. The van der Waals surface area contributed by atoms with Gasteiger partial charge in [0.25, 0.3) is 0 Å². The summed E-state index contributed by atoms with van der Waals surface area (Å²) in [5, 5.41) is 7.29. The molecule has 0 aliphatic carbocycles. The summed E-state index contributed by atoms with van der Waals surface area (Å²) in [5.74, 6) is 0.951. The van der Waals surface area contributed by atoms with Crippen molar-refractivity contribution in [3.8, 4) is 5.75 Å². The molecule has 5 nitrogen and oxygen atoms in total. The van der Waals surface area contributed by atoms with Crippen LogP contribution in [0.2, 0.25) is 0 Å². The Balaban J connectivity index is 1.72. The quantitative estimate of drug-likeness (QED) is 0.783. The van der Waals surface area contributed by atoms with Crippen molar-refractivity contribution in [3.63, 3.8) is 0 Å². The average molecular weight is 286 g/mol. The van der Waals surface area contributed by atoms with E-state index in [4.69, 9.17) is 4.74 Å². The van der Waals surface area contributed by atoms with E-state index in [0.717, 1.165) is 11.3 Å². The van der Waals surface area contributed by atoms with E-state index in [-0.39, 0.29) is 5.82 Å². The predicted octanol–water partition coefficient (Wildman–Crippen LogP) is 2.88. The zero-order chi connectivity index (χ0) is 14.7. The number of nitrogens with zero attached hydrogens (tertiary/aromatic N) is 3. The third-order valence-corrected chi connectivity index (χ3v) is 2.95. The van der Waals surface area contributed by atoms with Gasteiger partial charge in [-0.2, -0.15) is 4.98 Å². The van der Waals surface area contributed by atoms with Crippen LogP contribution in [0, 0.1) is 5.82 Å². The van der Waals surface area contributed by atoms with Crippen LogP contribution in [-0.4, -0.2) is 21.2 Å². The van der Waals surface area contributed by atoms with Crippen molar-refractivity contribution in [1.82, 2.24) is 14.6 Å². The number of anilines is 1. The minimum atomic E-state index is -0.344. The Hall–Kier alpha value is -2.63. The fraction of sp³-hybridized carbons (Fsp3) is 0.200. The first-order chi connectivity index (χ1) is 10.2. The third kappa shape index (κ3) is 3.10. The highest BCUT2D eigenvalue weighted by atomic mass is 19.1. The Labute approximate surface area is 121 Å². The monoisotopic (exact) mass is 286 g/mol. The molecule has 0 spiro atoms. The standard InChI is InChI=1S/C15H15FN4O/c1-2-21-13-5-3-4-11(8-13)9-17-15-18-14-7-6-12(16)10-20(14)19-15/h3-8,10H,2,9H2,1H3,(H,17,19). The molecule has 108 valence electrons. The number of nitrogens with one attached hydrogen (secondary N) is 1. The molecule has 0 bridgehead atoms. The molecule has 1 aromatic carbocycles. The Morgan fingerprint density at radius 1 is 1.29 bits per heavy atom. The summed E-state index contributed by atoms with van der Waals surface area (Å²) in [6, 6.07) is 10.8. The van der Waals surface area contributed by atoms with Gasteiger partial charge < -0.3 is 10.1 Å². The Morgan fingerprint density at radius 3 is 3.05 bits per heavy atom. The molecule has 0 radical (unpaired) electrons. The van der Waals surface area contributed by atoms with Crippen molar-refractivity contribution in [2.24, 2.45) is 0 Å². The molecule has 2 aromatic heterocycles. The number of hydrogen-bond donors (Lipinski definition) is 1. The highest BCUT2D eigenvalue weighted by Crippen LogP contribution is 2.14.